The second-order valence-electron chi connectivity index (χ2n) is 3.37. The third-order valence-electron chi connectivity index (χ3n) is 2.33. The van der Waals surface area contributed by atoms with Crippen LogP contribution in [0.3, 0.4) is 0 Å². The summed E-state index contributed by atoms with van der Waals surface area (Å²) in [6, 6.07) is -0.0231. The molecular weight excluding hydrogens is 200 g/mol. The highest BCUT2D eigenvalue weighted by atomic mass is 32.2. The van der Waals surface area contributed by atoms with Crippen LogP contribution in [0.15, 0.2) is 0 Å². The molecule has 2 atom stereocenters. The van der Waals surface area contributed by atoms with Crippen LogP contribution in [0.25, 0.3) is 0 Å². The van der Waals surface area contributed by atoms with Crippen molar-refractivity contribution in [2.45, 2.75) is 25.8 Å². The molecule has 5 heteroatoms. The fourth-order valence-corrected chi connectivity index (χ4v) is 2.08. The Labute approximate surface area is 87.3 Å². The number of nitrogens with one attached hydrogen (secondary N) is 2. The van der Waals surface area contributed by atoms with Crippen molar-refractivity contribution in [2.24, 2.45) is 0 Å². The number of hydrogen-bond donors (Lipinski definition) is 2. The van der Waals surface area contributed by atoms with Crippen molar-refractivity contribution >= 4 is 16.7 Å². The number of amides is 1. The van der Waals surface area contributed by atoms with Crippen LogP contribution >= 0.6 is 0 Å². The van der Waals surface area contributed by atoms with Crippen molar-refractivity contribution in [3.63, 3.8) is 0 Å². The third kappa shape index (κ3) is 3.75. The van der Waals surface area contributed by atoms with Gasteiger partial charge in [-0.2, -0.15) is 0 Å². The summed E-state index contributed by atoms with van der Waals surface area (Å²) in [4.78, 5) is 11.4. The fraction of sp³-hybridized carbons (Fsp3) is 0.889. The SMILES string of the molecule is CCS(=O)CCNC(=O)C1CCCN1. The minimum atomic E-state index is -0.780. The van der Waals surface area contributed by atoms with Gasteiger partial charge in [-0.3, -0.25) is 9.00 Å². The predicted molar refractivity (Wildman–Crippen MR) is 57.6 cm³/mol. The summed E-state index contributed by atoms with van der Waals surface area (Å²) < 4.78 is 11.1. The normalized spacial score (nSPS) is 23.4. The van der Waals surface area contributed by atoms with E-state index in [9.17, 15) is 9.00 Å². The monoisotopic (exact) mass is 218 g/mol. The third-order valence-corrected chi connectivity index (χ3v) is 3.63. The maximum absolute atomic E-state index is 11.4. The van der Waals surface area contributed by atoms with Crippen LogP contribution < -0.4 is 10.6 Å². The summed E-state index contributed by atoms with van der Waals surface area (Å²) in [5.74, 6) is 1.28. The van der Waals surface area contributed by atoms with Crippen LogP contribution in [-0.2, 0) is 15.6 Å². The molecule has 1 aliphatic heterocycles. The summed E-state index contributed by atoms with van der Waals surface area (Å²) in [6.07, 6.45) is 1.99. The van der Waals surface area contributed by atoms with E-state index in [0.717, 1.165) is 19.4 Å². The van der Waals surface area contributed by atoms with Gasteiger partial charge in [0, 0.05) is 28.9 Å². The molecule has 2 N–H and O–H groups in total. The molecule has 0 aromatic carbocycles. The molecule has 0 aliphatic carbocycles. The lowest BCUT2D eigenvalue weighted by molar-refractivity contribution is -0.122. The number of hydrogen-bond acceptors (Lipinski definition) is 3. The van der Waals surface area contributed by atoms with Gasteiger partial charge >= 0.3 is 0 Å². The van der Waals surface area contributed by atoms with E-state index < -0.39 is 10.8 Å². The van der Waals surface area contributed by atoms with E-state index in [4.69, 9.17) is 0 Å². The molecule has 0 spiro atoms. The van der Waals surface area contributed by atoms with Gasteiger partial charge in [0.15, 0.2) is 0 Å². The Balaban J connectivity index is 2.11. The van der Waals surface area contributed by atoms with Gasteiger partial charge < -0.3 is 10.6 Å². The Morgan fingerprint density at radius 1 is 1.64 bits per heavy atom. The van der Waals surface area contributed by atoms with Crippen LogP contribution in [0.1, 0.15) is 19.8 Å². The minimum Gasteiger partial charge on any atom is -0.354 e. The molecule has 1 rings (SSSR count). The highest BCUT2D eigenvalue weighted by molar-refractivity contribution is 7.84. The van der Waals surface area contributed by atoms with E-state index in [0.29, 0.717) is 18.1 Å². The van der Waals surface area contributed by atoms with Gasteiger partial charge in [0.1, 0.15) is 0 Å². The van der Waals surface area contributed by atoms with Crippen molar-refractivity contribution in [2.75, 3.05) is 24.6 Å². The van der Waals surface area contributed by atoms with Gasteiger partial charge in [-0.05, 0) is 19.4 Å². The van der Waals surface area contributed by atoms with Gasteiger partial charge in [-0.15, -0.1) is 0 Å². The molecule has 1 aliphatic rings. The van der Waals surface area contributed by atoms with E-state index in [1.54, 1.807) is 0 Å². The van der Waals surface area contributed by atoms with Gasteiger partial charge in [0.2, 0.25) is 5.91 Å². The van der Waals surface area contributed by atoms with Gasteiger partial charge in [-0.25, -0.2) is 0 Å². The van der Waals surface area contributed by atoms with Gasteiger partial charge in [0.05, 0.1) is 6.04 Å². The molecule has 0 aromatic heterocycles. The maximum atomic E-state index is 11.4. The van der Waals surface area contributed by atoms with Crippen molar-refractivity contribution in [3.8, 4) is 0 Å². The minimum absolute atomic E-state index is 0.0231. The fourth-order valence-electron chi connectivity index (χ4n) is 1.46. The van der Waals surface area contributed by atoms with E-state index in [-0.39, 0.29) is 11.9 Å². The number of carbonyl (C=O) groups excluding carboxylic acids is 1. The standard InChI is InChI=1S/C9H18N2O2S/c1-2-14(13)7-6-11-9(12)8-4-3-5-10-8/h8,10H,2-7H2,1H3,(H,11,12). The lowest BCUT2D eigenvalue weighted by Crippen LogP contribution is -2.41. The molecule has 1 heterocycles. The lowest BCUT2D eigenvalue weighted by Gasteiger charge is -2.10. The predicted octanol–water partition coefficient (Wildman–Crippen LogP) is -0.377. The summed E-state index contributed by atoms with van der Waals surface area (Å²) in [5, 5.41) is 5.92. The molecule has 0 radical (unpaired) electrons. The Hall–Kier alpha value is -0.420. The van der Waals surface area contributed by atoms with Crippen molar-refractivity contribution in [3.05, 3.63) is 0 Å². The lowest BCUT2D eigenvalue weighted by atomic mass is 10.2. The zero-order chi connectivity index (χ0) is 10.4. The van der Waals surface area contributed by atoms with E-state index >= 15 is 0 Å². The van der Waals surface area contributed by atoms with Crippen LogP contribution in [-0.4, -0.2) is 40.8 Å². The summed E-state index contributed by atoms with van der Waals surface area (Å²) in [7, 11) is -0.780. The second-order valence-corrected chi connectivity index (χ2v) is 5.24. The number of rotatable bonds is 5. The molecule has 0 aromatic rings. The average molecular weight is 218 g/mol. The summed E-state index contributed by atoms with van der Waals surface area (Å²) in [6.45, 7) is 3.34. The van der Waals surface area contributed by atoms with Crippen molar-refractivity contribution in [1.82, 2.24) is 10.6 Å². The highest BCUT2D eigenvalue weighted by Crippen LogP contribution is 2.03. The van der Waals surface area contributed by atoms with Crippen LogP contribution in [0.5, 0.6) is 0 Å². The van der Waals surface area contributed by atoms with E-state index in [2.05, 4.69) is 10.6 Å². The molecule has 1 amide bonds. The van der Waals surface area contributed by atoms with E-state index in [1.807, 2.05) is 6.92 Å². The van der Waals surface area contributed by atoms with Gasteiger partial charge in [0.25, 0.3) is 0 Å². The van der Waals surface area contributed by atoms with Crippen molar-refractivity contribution in [1.29, 1.82) is 0 Å². The Morgan fingerprint density at radius 3 is 3.00 bits per heavy atom. The van der Waals surface area contributed by atoms with Crippen LogP contribution in [0, 0.1) is 0 Å². The Bertz CT molecular complexity index is 215. The average Bonchev–Trinajstić information content (AvgIpc) is 2.70. The molecular formula is C9H18N2O2S. The second kappa shape index (κ2) is 6.14. The largest absolute Gasteiger partial charge is 0.354 e. The summed E-state index contributed by atoms with van der Waals surface area (Å²) in [5.41, 5.74) is 0. The molecule has 4 nitrogen and oxygen atoms in total. The molecule has 0 saturated carbocycles. The van der Waals surface area contributed by atoms with Crippen molar-refractivity contribution < 1.29 is 9.00 Å². The quantitative estimate of drug-likeness (QED) is 0.661. The molecule has 14 heavy (non-hydrogen) atoms. The molecule has 82 valence electrons. The molecule has 0 bridgehead atoms. The van der Waals surface area contributed by atoms with Crippen LogP contribution in [0.4, 0.5) is 0 Å². The molecule has 2 unspecified atom stereocenters. The first-order chi connectivity index (χ1) is 6.74. The first-order valence-electron chi connectivity index (χ1n) is 5.10. The smallest absolute Gasteiger partial charge is 0.237 e. The Kier molecular flexibility index (Phi) is 5.11. The summed E-state index contributed by atoms with van der Waals surface area (Å²) >= 11 is 0. The molecule has 1 saturated heterocycles. The zero-order valence-corrected chi connectivity index (χ0v) is 9.36. The first-order valence-corrected chi connectivity index (χ1v) is 6.59. The Morgan fingerprint density at radius 2 is 2.43 bits per heavy atom. The topological polar surface area (TPSA) is 58.2 Å². The van der Waals surface area contributed by atoms with E-state index in [1.165, 1.54) is 0 Å². The number of carbonyl (C=O) groups is 1. The maximum Gasteiger partial charge on any atom is 0.237 e. The highest BCUT2D eigenvalue weighted by Gasteiger charge is 2.21. The first kappa shape index (κ1) is 11.7. The van der Waals surface area contributed by atoms with Gasteiger partial charge in [-0.1, -0.05) is 6.92 Å². The molecule has 1 fully saturated rings. The zero-order valence-electron chi connectivity index (χ0n) is 8.54. The van der Waals surface area contributed by atoms with Crippen LogP contribution in [0.2, 0.25) is 0 Å².